The molecule has 2 heteroatoms. The lowest BCUT2D eigenvalue weighted by molar-refractivity contribution is 0.153. The van der Waals surface area contributed by atoms with Crippen LogP contribution < -0.4 is 10.1 Å². The van der Waals surface area contributed by atoms with Crippen molar-refractivity contribution in [1.82, 2.24) is 5.32 Å². The van der Waals surface area contributed by atoms with Gasteiger partial charge in [-0.25, -0.2) is 0 Å². The molecule has 0 aliphatic heterocycles. The number of benzene rings is 1. The first kappa shape index (κ1) is 15.4. The Hall–Kier alpha value is -1.02. The van der Waals surface area contributed by atoms with Crippen molar-refractivity contribution in [3.63, 3.8) is 0 Å². The Kier molecular flexibility index (Phi) is 5.09. The summed E-state index contributed by atoms with van der Waals surface area (Å²) in [4.78, 5) is 0. The molecule has 0 heterocycles. The number of aryl methyl sites for hydroxylation is 1. The van der Waals surface area contributed by atoms with Crippen LogP contribution in [0.1, 0.15) is 64.0 Å². The fourth-order valence-electron chi connectivity index (χ4n) is 2.68. The van der Waals surface area contributed by atoms with Crippen LogP contribution >= 0.6 is 0 Å². The maximum Gasteiger partial charge on any atom is 0.124 e. The zero-order valence-corrected chi connectivity index (χ0v) is 13.5. The van der Waals surface area contributed by atoms with Crippen LogP contribution in [0, 0.1) is 6.92 Å². The molecule has 20 heavy (non-hydrogen) atoms. The molecule has 0 aromatic heterocycles. The molecule has 2 nitrogen and oxygen atoms in total. The monoisotopic (exact) mass is 275 g/mol. The molecule has 1 aromatic rings. The minimum absolute atomic E-state index is 0.131. The molecule has 2 rings (SSSR count). The maximum absolute atomic E-state index is 6.27. The van der Waals surface area contributed by atoms with Crippen molar-refractivity contribution in [3.05, 3.63) is 29.3 Å². The molecule has 0 amide bonds. The first-order chi connectivity index (χ1) is 9.44. The molecule has 0 bridgehead atoms. The molecule has 0 radical (unpaired) electrons. The van der Waals surface area contributed by atoms with E-state index in [9.17, 15) is 0 Å². The molecule has 1 saturated carbocycles. The third-order valence-corrected chi connectivity index (χ3v) is 3.87. The summed E-state index contributed by atoms with van der Waals surface area (Å²) < 4.78 is 6.27. The van der Waals surface area contributed by atoms with Gasteiger partial charge in [-0.15, -0.1) is 0 Å². The summed E-state index contributed by atoms with van der Waals surface area (Å²) in [6.07, 6.45) is 6.82. The van der Waals surface area contributed by atoms with Crippen LogP contribution in [0.15, 0.2) is 18.2 Å². The Balaban J connectivity index is 2.06. The molecule has 1 aromatic carbocycles. The highest BCUT2D eigenvalue weighted by molar-refractivity contribution is 5.37. The van der Waals surface area contributed by atoms with Gasteiger partial charge in [0.2, 0.25) is 0 Å². The second-order valence-electron chi connectivity index (χ2n) is 7.09. The summed E-state index contributed by atoms with van der Waals surface area (Å²) in [6.45, 7) is 9.61. The van der Waals surface area contributed by atoms with Gasteiger partial charge in [0.25, 0.3) is 0 Å². The average Bonchev–Trinajstić information content (AvgIpc) is 2.39. The number of nitrogens with one attached hydrogen (secondary N) is 1. The molecular weight excluding hydrogens is 246 g/mol. The molecule has 0 saturated heterocycles. The van der Waals surface area contributed by atoms with E-state index >= 15 is 0 Å². The third kappa shape index (κ3) is 4.82. The van der Waals surface area contributed by atoms with Crippen LogP contribution in [0.2, 0.25) is 0 Å². The summed E-state index contributed by atoms with van der Waals surface area (Å²) in [5.41, 5.74) is 2.71. The largest absolute Gasteiger partial charge is 0.490 e. The van der Waals surface area contributed by atoms with Crippen molar-refractivity contribution in [3.8, 4) is 5.75 Å². The highest BCUT2D eigenvalue weighted by Gasteiger charge is 2.17. The van der Waals surface area contributed by atoms with E-state index in [4.69, 9.17) is 4.74 Å². The standard InChI is InChI=1S/C18H29NO/c1-14-10-11-17(20-16-8-6-5-7-9-16)15(12-14)13-19-18(2,3)4/h10-12,16,19H,5-9,13H2,1-4H3. The van der Waals surface area contributed by atoms with E-state index in [1.165, 1.54) is 43.2 Å². The van der Waals surface area contributed by atoms with Crippen molar-refractivity contribution in [1.29, 1.82) is 0 Å². The van der Waals surface area contributed by atoms with Gasteiger partial charge in [-0.2, -0.15) is 0 Å². The lowest BCUT2D eigenvalue weighted by Crippen LogP contribution is -2.35. The zero-order chi connectivity index (χ0) is 14.6. The number of rotatable bonds is 4. The van der Waals surface area contributed by atoms with Crippen molar-refractivity contribution in [2.24, 2.45) is 0 Å². The number of hydrogen-bond acceptors (Lipinski definition) is 2. The van der Waals surface area contributed by atoms with Gasteiger partial charge < -0.3 is 10.1 Å². The van der Waals surface area contributed by atoms with Crippen molar-refractivity contribution >= 4 is 0 Å². The second kappa shape index (κ2) is 6.62. The van der Waals surface area contributed by atoms with Gasteiger partial charge in [0.15, 0.2) is 0 Å². The van der Waals surface area contributed by atoms with Crippen molar-refractivity contribution in [2.75, 3.05) is 0 Å². The van der Waals surface area contributed by atoms with E-state index in [1.54, 1.807) is 0 Å². The summed E-state index contributed by atoms with van der Waals surface area (Å²) in [5.74, 6) is 1.07. The molecule has 1 aliphatic carbocycles. The predicted molar refractivity (Wildman–Crippen MR) is 85.3 cm³/mol. The Morgan fingerprint density at radius 1 is 1.15 bits per heavy atom. The molecule has 0 unspecified atom stereocenters. The number of hydrogen-bond donors (Lipinski definition) is 1. The Morgan fingerprint density at radius 3 is 2.50 bits per heavy atom. The lowest BCUT2D eigenvalue weighted by Gasteiger charge is -2.26. The third-order valence-electron chi connectivity index (χ3n) is 3.87. The predicted octanol–water partition coefficient (Wildman–Crippen LogP) is 4.59. The maximum atomic E-state index is 6.27. The van der Waals surface area contributed by atoms with Gasteiger partial charge in [0.1, 0.15) is 5.75 Å². The zero-order valence-electron chi connectivity index (χ0n) is 13.5. The first-order valence-electron chi connectivity index (χ1n) is 7.95. The van der Waals surface area contributed by atoms with Gasteiger partial charge in [-0.1, -0.05) is 24.1 Å². The first-order valence-corrected chi connectivity index (χ1v) is 7.95. The molecule has 1 fully saturated rings. The van der Waals surface area contributed by atoms with E-state index in [-0.39, 0.29) is 5.54 Å². The van der Waals surface area contributed by atoms with Crippen LogP contribution in [0.4, 0.5) is 0 Å². The van der Waals surface area contributed by atoms with Gasteiger partial charge in [-0.05, 0) is 59.4 Å². The fraction of sp³-hybridized carbons (Fsp3) is 0.667. The topological polar surface area (TPSA) is 21.3 Å². The Labute approximate surface area is 123 Å². The molecule has 0 atom stereocenters. The van der Waals surface area contributed by atoms with E-state index < -0.39 is 0 Å². The molecule has 0 spiro atoms. The molecule has 1 aliphatic rings. The summed E-state index contributed by atoms with van der Waals surface area (Å²) in [7, 11) is 0. The van der Waals surface area contributed by atoms with E-state index in [2.05, 4.69) is 51.2 Å². The van der Waals surface area contributed by atoms with Gasteiger partial charge >= 0.3 is 0 Å². The lowest BCUT2D eigenvalue weighted by atomic mass is 9.97. The highest BCUT2D eigenvalue weighted by atomic mass is 16.5. The molecule has 1 N–H and O–H groups in total. The van der Waals surface area contributed by atoms with E-state index in [1.807, 2.05) is 0 Å². The van der Waals surface area contributed by atoms with Crippen LogP contribution in [0.25, 0.3) is 0 Å². The van der Waals surface area contributed by atoms with Crippen molar-refractivity contribution < 1.29 is 4.74 Å². The summed E-state index contributed by atoms with van der Waals surface area (Å²) >= 11 is 0. The van der Waals surface area contributed by atoms with Crippen LogP contribution in [-0.2, 0) is 6.54 Å². The van der Waals surface area contributed by atoms with Gasteiger partial charge in [0, 0.05) is 17.6 Å². The van der Waals surface area contributed by atoms with E-state index in [0.717, 1.165) is 12.3 Å². The van der Waals surface area contributed by atoms with Crippen molar-refractivity contribution in [2.45, 2.75) is 78.0 Å². The van der Waals surface area contributed by atoms with Gasteiger partial charge in [-0.3, -0.25) is 0 Å². The molecule has 112 valence electrons. The second-order valence-corrected chi connectivity index (χ2v) is 7.09. The average molecular weight is 275 g/mol. The number of ether oxygens (including phenoxy) is 1. The van der Waals surface area contributed by atoms with E-state index in [0.29, 0.717) is 6.10 Å². The highest BCUT2D eigenvalue weighted by Crippen LogP contribution is 2.27. The smallest absolute Gasteiger partial charge is 0.124 e. The quantitative estimate of drug-likeness (QED) is 0.867. The van der Waals surface area contributed by atoms with Crippen LogP contribution in [-0.4, -0.2) is 11.6 Å². The summed E-state index contributed by atoms with van der Waals surface area (Å²) in [6, 6.07) is 6.54. The minimum atomic E-state index is 0.131. The Bertz CT molecular complexity index is 428. The normalized spacial score (nSPS) is 17.2. The summed E-state index contributed by atoms with van der Waals surface area (Å²) in [5, 5.41) is 3.56. The van der Waals surface area contributed by atoms with Gasteiger partial charge in [0.05, 0.1) is 6.10 Å². The fourth-order valence-corrected chi connectivity index (χ4v) is 2.68. The minimum Gasteiger partial charge on any atom is -0.490 e. The van der Waals surface area contributed by atoms with Crippen LogP contribution in [0.3, 0.4) is 0 Å². The molecular formula is C18H29NO. The SMILES string of the molecule is Cc1ccc(OC2CCCCC2)c(CNC(C)(C)C)c1. The van der Waals surface area contributed by atoms with Crippen LogP contribution in [0.5, 0.6) is 5.75 Å². The Morgan fingerprint density at radius 2 is 1.85 bits per heavy atom.